The third-order valence-electron chi connectivity index (χ3n) is 3.24. The van der Waals surface area contributed by atoms with Crippen molar-refractivity contribution in [2.45, 2.75) is 12.3 Å². The first-order valence-electron chi connectivity index (χ1n) is 5.95. The molecule has 0 spiro atoms. The molecule has 5 nitrogen and oxygen atoms in total. The Bertz CT molecular complexity index is 760. The highest BCUT2D eigenvalue weighted by atomic mass is 32.1. The molecule has 2 aromatic rings. The maximum Gasteiger partial charge on any atom is 0.357 e. The van der Waals surface area contributed by atoms with Crippen LogP contribution < -0.4 is 5.32 Å². The van der Waals surface area contributed by atoms with Crippen LogP contribution in [-0.4, -0.2) is 21.4 Å². The van der Waals surface area contributed by atoms with Crippen molar-refractivity contribution in [2.75, 3.05) is 5.32 Å². The van der Waals surface area contributed by atoms with Gasteiger partial charge in [-0.25, -0.2) is 13.6 Å². The Kier molecular flexibility index (Phi) is 3.17. The Hall–Kier alpha value is -2.35. The van der Waals surface area contributed by atoms with Gasteiger partial charge in [-0.2, -0.15) is 4.37 Å². The van der Waals surface area contributed by atoms with Gasteiger partial charge in [0.2, 0.25) is 5.91 Å². The van der Waals surface area contributed by atoms with E-state index in [1.807, 2.05) is 0 Å². The number of carbonyl (C=O) groups excluding carboxylic acids is 1. The molecule has 0 fully saturated rings. The van der Waals surface area contributed by atoms with Crippen molar-refractivity contribution < 1.29 is 23.5 Å². The van der Waals surface area contributed by atoms with E-state index < -0.39 is 23.5 Å². The minimum atomic E-state index is -1.25. The monoisotopic (exact) mass is 310 g/mol. The lowest BCUT2D eigenvalue weighted by Crippen LogP contribution is -2.23. The van der Waals surface area contributed by atoms with Crippen LogP contribution in [0.2, 0.25) is 0 Å². The van der Waals surface area contributed by atoms with Crippen molar-refractivity contribution in [3.8, 4) is 0 Å². The maximum atomic E-state index is 13.4. The third kappa shape index (κ3) is 2.27. The van der Waals surface area contributed by atoms with Crippen molar-refractivity contribution in [3.63, 3.8) is 0 Å². The zero-order valence-corrected chi connectivity index (χ0v) is 11.2. The largest absolute Gasteiger partial charge is 0.476 e. The molecule has 1 aliphatic heterocycles. The molecule has 21 heavy (non-hydrogen) atoms. The molecule has 0 saturated carbocycles. The lowest BCUT2D eigenvalue weighted by atomic mass is 9.90. The van der Waals surface area contributed by atoms with Gasteiger partial charge in [-0.3, -0.25) is 4.79 Å². The average molecular weight is 310 g/mol. The van der Waals surface area contributed by atoms with Gasteiger partial charge in [-0.15, -0.1) is 0 Å². The van der Waals surface area contributed by atoms with Crippen LogP contribution >= 0.6 is 11.5 Å². The Morgan fingerprint density at radius 2 is 2.14 bits per heavy atom. The molecular formula is C13H8F2N2O3S. The summed E-state index contributed by atoms with van der Waals surface area (Å²) in [4.78, 5) is 23.3. The molecule has 0 radical (unpaired) electrons. The molecule has 0 unspecified atom stereocenters. The summed E-state index contributed by atoms with van der Waals surface area (Å²) in [6.07, 6.45) is 0.0271. The second-order valence-electron chi connectivity index (χ2n) is 4.55. The number of nitrogens with zero attached hydrogens (tertiary/aromatic N) is 1. The lowest BCUT2D eigenvalue weighted by molar-refractivity contribution is -0.116. The predicted molar refractivity (Wildman–Crippen MR) is 70.5 cm³/mol. The number of aromatic carboxylic acids is 1. The number of benzene rings is 1. The zero-order chi connectivity index (χ0) is 15.1. The van der Waals surface area contributed by atoms with E-state index in [-0.39, 0.29) is 23.7 Å². The molecule has 1 aromatic heterocycles. The highest BCUT2D eigenvalue weighted by Crippen LogP contribution is 2.41. The van der Waals surface area contributed by atoms with Crippen LogP contribution in [0.3, 0.4) is 0 Å². The summed E-state index contributed by atoms with van der Waals surface area (Å²) >= 11 is 0.934. The minimum absolute atomic E-state index is 0.0271. The fourth-order valence-corrected chi connectivity index (χ4v) is 3.22. The number of carbonyl (C=O) groups is 2. The fourth-order valence-electron chi connectivity index (χ4n) is 2.27. The Labute approximate surface area is 121 Å². The summed E-state index contributed by atoms with van der Waals surface area (Å²) in [6, 6.07) is 3.38. The van der Waals surface area contributed by atoms with Gasteiger partial charge in [0.15, 0.2) is 17.3 Å². The highest BCUT2D eigenvalue weighted by molar-refractivity contribution is 7.06. The summed E-state index contributed by atoms with van der Waals surface area (Å²) in [6.45, 7) is 0. The third-order valence-corrected chi connectivity index (χ3v) is 4.20. The van der Waals surface area contributed by atoms with Crippen LogP contribution in [0.1, 0.15) is 33.3 Å². The molecule has 1 amide bonds. The first-order chi connectivity index (χ1) is 9.97. The van der Waals surface area contributed by atoms with E-state index in [0.29, 0.717) is 10.4 Å². The average Bonchev–Trinajstić information content (AvgIpc) is 2.84. The predicted octanol–water partition coefficient (Wildman–Crippen LogP) is 2.59. The summed E-state index contributed by atoms with van der Waals surface area (Å²) in [5.41, 5.74) is 0.305. The van der Waals surface area contributed by atoms with E-state index >= 15 is 0 Å². The lowest BCUT2D eigenvalue weighted by Gasteiger charge is -2.22. The molecule has 2 N–H and O–H groups in total. The topological polar surface area (TPSA) is 79.3 Å². The second-order valence-corrected chi connectivity index (χ2v) is 5.36. The second kappa shape index (κ2) is 4.88. The molecule has 1 atom stereocenters. The number of carboxylic acids is 1. The highest BCUT2D eigenvalue weighted by Gasteiger charge is 2.33. The van der Waals surface area contributed by atoms with Crippen LogP contribution in [0.5, 0.6) is 0 Å². The number of hydrogen-bond acceptors (Lipinski definition) is 4. The Morgan fingerprint density at radius 3 is 2.81 bits per heavy atom. The van der Waals surface area contributed by atoms with Crippen LogP contribution in [0.4, 0.5) is 14.5 Å². The van der Waals surface area contributed by atoms with E-state index in [9.17, 15) is 18.4 Å². The summed E-state index contributed by atoms with van der Waals surface area (Å²) < 4.78 is 30.2. The van der Waals surface area contributed by atoms with Crippen LogP contribution in [0, 0.1) is 11.6 Å². The molecule has 1 aliphatic rings. The molecule has 8 heteroatoms. The van der Waals surface area contributed by atoms with Gasteiger partial charge >= 0.3 is 5.97 Å². The Balaban J connectivity index is 2.11. The van der Waals surface area contributed by atoms with E-state index in [1.54, 1.807) is 0 Å². The van der Waals surface area contributed by atoms with Crippen LogP contribution in [0.25, 0.3) is 0 Å². The number of rotatable bonds is 2. The fraction of sp³-hybridized carbons (Fsp3) is 0.154. The number of nitrogens with one attached hydrogen (secondary N) is 1. The molecule has 108 valence electrons. The van der Waals surface area contributed by atoms with E-state index in [4.69, 9.17) is 5.11 Å². The smallest absolute Gasteiger partial charge is 0.357 e. The molecule has 0 saturated heterocycles. The maximum absolute atomic E-state index is 13.4. The summed E-state index contributed by atoms with van der Waals surface area (Å²) in [7, 11) is 0. The normalized spacial score (nSPS) is 17.2. The number of hydrogen-bond donors (Lipinski definition) is 2. The van der Waals surface area contributed by atoms with Gasteiger partial charge in [-0.05, 0) is 29.2 Å². The van der Waals surface area contributed by atoms with Gasteiger partial charge < -0.3 is 10.4 Å². The number of carboxylic acid groups (broad SMARTS) is 1. The minimum Gasteiger partial charge on any atom is -0.476 e. The number of fused-ring (bicyclic) bond motifs is 1. The summed E-state index contributed by atoms with van der Waals surface area (Å²) in [5, 5.41) is 11.5. The molecule has 2 heterocycles. The van der Waals surface area contributed by atoms with Gasteiger partial charge in [0.05, 0.1) is 10.6 Å². The van der Waals surface area contributed by atoms with Crippen molar-refractivity contribution in [1.82, 2.24) is 4.37 Å². The Morgan fingerprint density at radius 1 is 1.38 bits per heavy atom. The SMILES string of the molecule is O=C1C[C@@H](c2ccc(F)c(F)c2)c2snc(C(=O)O)c2N1. The summed E-state index contributed by atoms with van der Waals surface area (Å²) in [5.74, 6) is -4.16. The van der Waals surface area contributed by atoms with E-state index in [2.05, 4.69) is 9.69 Å². The van der Waals surface area contributed by atoms with E-state index in [1.165, 1.54) is 6.07 Å². The first-order valence-corrected chi connectivity index (χ1v) is 6.72. The van der Waals surface area contributed by atoms with Gasteiger partial charge in [-0.1, -0.05) is 6.07 Å². The first kappa shape index (κ1) is 13.6. The standard InChI is InChI=1S/C13H8F2N2O3S/c14-7-2-1-5(3-8(7)15)6-4-9(18)16-10-11(13(19)20)17-21-12(6)10/h1-3,6H,4H2,(H,16,18)(H,19,20)/t6-/m0/s1. The van der Waals surface area contributed by atoms with Crippen LogP contribution in [0.15, 0.2) is 18.2 Å². The zero-order valence-electron chi connectivity index (χ0n) is 10.4. The van der Waals surface area contributed by atoms with Crippen molar-refractivity contribution in [2.24, 2.45) is 0 Å². The van der Waals surface area contributed by atoms with Crippen LogP contribution in [-0.2, 0) is 4.79 Å². The molecule has 0 aliphatic carbocycles. The van der Waals surface area contributed by atoms with Gasteiger partial charge in [0, 0.05) is 12.3 Å². The van der Waals surface area contributed by atoms with Crippen molar-refractivity contribution in [1.29, 1.82) is 0 Å². The molecule has 3 rings (SSSR count). The van der Waals surface area contributed by atoms with Crippen molar-refractivity contribution >= 4 is 29.1 Å². The van der Waals surface area contributed by atoms with Gasteiger partial charge in [0.25, 0.3) is 0 Å². The number of anilines is 1. The molecular weight excluding hydrogens is 302 g/mol. The molecule has 1 aromatic carbocycles. The van der Waals surface area contributed by atoms with Crippen molar-refractivity contribution in [3.05, 3.63) is 46.0 Å². The number of amides is 1. The number of aromatic nitrogens is 1. The molecule has 0 bridgehead atoms. The van der Waals surface area contributed by atoms with E-state index in [0.717, 1.165) is 23.7 Å². The number of halogens is 2. The van der Waals surface area contributed by atoms with Gasteiger partial charge in [0.1, 0.15) is 0 Å². The quantitative estimate of drug-likeness (QED) is 0.893.